The van der Waals surface area contributed by atoms with Crippen molar-refractivity contribution in [2.24, 2.45) is 0 Å². The number of hydrogen-bond donors (Lipinski definition) is 1. The lowest BCUT2D eigenvalue weighted by atomic mass is 10.2. The van der Waals surface area contributed by atoms with Crippen molar-refractivity contribution < 1.29 is 4.74 Å². The summed E-state index contributed by atoms with van der Waals surface area (Å²) in [5, 5.41) is 2.80. The van der Waals surface area contributed by atoms with Gasteiger partial charge >= 0.3 is 0 Å². The maximum atomic E-state index is 4.58. The Balaban J connectivity index is 0.000000252. The summed E-state index contributed by atoms with van der Waals surface area (Å²) in [5.74, 6) is 0. The standard InChI is InChI=1S/C8H10.C3H9NO/c1-2-8-6-4-3-5-7-8;1-4-3-5-2/h3-7H,2H2,1H3;4H,3H2,1-2H3. The van der Waals surface area contributed by atoms with Gasteiger partial charge in [0.05, 0.1) is 6.73 Å². The first kappa shape index (κ1) is 12.1. The number of aryl methyl sites for hydroxylation is 1. The summed E-state index contributed by atoms with van der Waals surface area (Å²) >= 11 is 0. The van der Waals surface area contributed by atoms with Crippen LogP contribution in [0.5, 0.6) is 0 Å². The lowest BCUT2D eigenvalue weighted by Gasteiger charge is -1.89. The topological polar surface area (TPSA) is 21.3 Å². The smallest absolute Gasteiger partial charge is 0.0958 e. The Morgan fingerprint density at radius 3 is 2.08 bits per heavy atom. The van der Waals surface area contributed by atoms with Crippen LogP contribution in [-0.2, 0) is 11.2 Å². The van der Waals surface area contributed by atoms with E-state index in [0.717, 1.165) is 6.42 Å². The Kier molecular flexibility index (Phi) is 8.62. The van der Waals surface area contributed by atoms with Crippen LogP contribution in [0.15, 0.2) is 30.3 Å². The molecule has 2 heteroatoms. The molecule has 0 fully saturated rings. The highest BCUT2D eigenvalue weighted by Gasteiger charge is 1.79. The molecular formula is C11H19NO. The normalized spacial score (nSPS) is 8.85. The van der Waals surface area contributed by atoms with Crippen LogP contribution in [0.4, 0.5) is 0 Å². The van der Waals surface area contributed by atoms with Gasteiger partial charge in [0.25, 0.3) is 0 Å². The number of hydrogen-bond acceptors (Lipinski definition) is 2. The first-order chi connectivity index (χ1) is 6.35. The molecule has 0 amide bonds. The fraction of sp³-hybridized carbons (Fsp3) is 0.455. The zero-order valence-corrected chi connectivity index (χ0v) is 8.71. The molecule has 0 heterocycles. The van der Waals surface area contributed by atoms with Gasteiger partial charge in [0.1, 0.15) is 0 Å². The van der Waals surface area contributed by atoms with Gasteiger partial charge in [0, 0.05) is 7.11 Å². The second-order valence-electron chi connectivity index (χ2n) is 2.63. The molecule has 0 saturated heterocycles. The molecule has 0 aliphatic rings. The van der Waals surface area contributed by atoms with Crippen LogP contribution in [-0.4, -0.2) is 20.9 Å². The van der Waals surface area contributed by atoms with Gasteiger partial charge in [-0.3, -0.25) is 5.32 Å². The van der Waals surface area contributed by atoms with E-state index in [1.807, 2.05) is 13.1 Å². The predicted molar refractivity (Wildman–Crippen MR) is 56.8 cm³/mol. The van der Waals surface area contributed by atoms with Gasteiger partial charge < -0.3 is 4.74 Å². The molecule has 1 N–H and O–H groups in total. The summed E-state index contributed by atoms with van der Waals surface area (Å²) < 4.78 is 4.58. The van der Waals surface area contributed by atoms with Crippen molar-refractivity contribution in [3.05, 3.63) is 35.9 Å². The zero-order valence-electron chi connectivity index (χ0n) is 8.71. The molecule has 0 aliphatic carbocycles. The minimum absolute atomic E-state index is 0.639. The fourth-order valence-electron chi connectivity index (χ4n) is 0.858. The second-order valence-corrected chi connectivity index (χ2v) is 2.63. The Labute approximate surface area is 80.9 Å². The average molecular weight is 181 g/mol. The number of methoxy groups -OCH3 is 1. The van der Waals surface area contributed by atoms with E-state index in [9.17, 15) is 0 Å². The van der Waals surface area contributed by atoms with Crippen LogP contribution in [0.2, 0.25) is 0 Å². The van der Waals surface area contributed by atoms with Crippen molar-refractivity contribution in [3.8, 4) is 0 Å². The summed E-state index contributed by atoms with van der Waals surface area (Å²) in [6.45, 7) is 2.80. The van der Waals surface area contributed by atoms with E-state index in [1.54, 1.807) is 7.11 Å². The fourth-order valence-corrected chi connectivity index (χ4v) is 0.858. The molecule has 0 atom stereocenters. The SMILES string of the molecule is CCc1ccccc1.CNCOC. The Bertz CT molecular complexity index is 185. The highest BCUT2D eigenvalue weighted by molar-refractivity contribution is 5.13. The van der Waals surface area contributed by atoms with Crippen LogP contribution >= 0.6 is 0 Å². The van der Waals surface area contributed by atoms with E-state index in [4.69, 9.17) is 0 Å². The van der Waals surface area contributed by atoms with Crippen molar-refractivity contribution in [1.82, 2.24) is 5.32 Å². The van der Waals surface area contributed by atoms with E-state index in [-0.39, 0.29) is 0 Å². The third-order valence-corrected chi connectivity index (χ3v) is 1.54. The Morgan fingerprint density at radius 1 is 1.23 bits per heavy atom. The molecule has 2 nitrogen and oxygen atoms in total. The van der Waals surface area contributed by atoms with Gasteiger partial charge in [0.15, 0.2) is 0 Å². The van der Waals surface area contributed by atoms with Crippen LogP contribution in [0, 0.1) is 0 Å². The summed E-state index contributed by atoms with van der Waals surface area (Å²) in [4.78, 5) is 0. The molecule has 74 valence electrons. The van der Waals surface area contributed by atoms with Gasteiger partial charge in [-0.1, -0.05) is 37.3 Å². The van der Waals surface area contributed by atoms with E-state index in [1.165, 1.54) is 5.56 Å². The number of ether oxygens (including phenoxy) is 1. The lowest BCUT2D eigenvalue weighted by molar-refractivity contribution is 0.183. The molecule has 0 bridgehead atoms. The van der Waals surface area contributed by atoms with Gasteiger partial charge in [-0.2, -0.15) is 0 Å². The predicted octanol–water partition coefficient (Wildman–Crippen LogP) is 2.06. The molecule has 0 aliphatic heterocycles. The molecule has 0 radical (unpaired) electrons. The van der Waals surface area contributed by atoms with Crippen LogP contribution < -0.4 is 5.32 Å². The van der Waals surface area contributed by atoms with Gasteiger partial charge in [-0.15, -0.1) is 0 Å². The minimum Gasteiger partial charge on any atom is -0.370 e. The minimum atomic E-state index is 0.639. The van der Waals surface area contributed by atoms with Crippen LogP contribution in [0.1, 0.15) is 12.5 Å². The van der Waals surface area contributed by atoms with Gasteiger partial charge in [-0.25, -0.2) is 0 Å². The van der Waals surface area contributed by atoms with E-state index >= 15 is 0 Å². The van der Waals surface area contributed by atoms with E-state index in [0.29, 0.717) is 6.73 Å². The molecule has 0 saturated carbocycles. The monoisotopic (exact) mass is 181 g/mol. The highest BCUT2D eigenvalue weighted by Crippen LogP contribution is 1.96. The third-order valence-electron chi connectivity index (χ3n) is 1.54. The molecule has 1 aromatic carbocycles. The van der Waals surface area contributed by atoms with E-state index in [2.05, 4.69) is 41.2 Å². The van der Waals surface area contributed by atoms with Crippen molar-refractivity contribution in [2.75, 3.05) is 20.9 Å². The summed E-state index contributed by atoms with van der Waals surface area (Å²) in [7, 11) is 3.49. The van der Waals surface area contributed by atoms with Gasteiger partial charge in [0.2, 0.25) is 0 Å². The lowest BCUT2D eigenvalue weighted by Crippen LogP contribution is -2.08. The Hall–Kier alpha value is -0.860. The van der Waals surface area contributed by atoms with Crippen molar-refractivity contribution in [3.63, 3.8) is 0 Å². The maximum Gasteiger partial charge on any atom is 0.0958 e. The zero-order chi connectivity index (χ0) is 9.94. The number of benzene rings is 1. The second kappa shape index (κ2) is 9.23. The summed E-state index contributed by atoms with van der Waals surface area (Å²) in [6.07, 6.45) is 1.14. The third kappa shape index (κ3) is 7.50. The number of rotatable bonds is 3. The first-order valence-electron chi connectivity index (χ1n) is 4.52. The molecule has 13 heavy (non-hydrogen) atoms. The average Bonchev–Trinajstić information content (AvgIpc) is 2.21. The van der Waals surface area contributed by atoms with Crippen molar-refractivity contribution in [1.29, 1.82) is 0 Å². The summed E-state index contributed by atoms with van der Waals surface area (Å²) in [6, 6.07) is 10.5. The molecule has 1 aromatic rings. The van der Waals surface area contributed by atoms with Gasteiger partial charge in [-0.05, 0) is 19.0 Å². The molecule has 1 rings (SSSR count). The largest absolute Gasteiger partial charge is 0.370 e. The number of nitrogens with one attached hydrogen (secondary N) is 1. The van der Waals surface area contributed by atoms with Crippen LogP contribution in [0.25, 0.3) is 0 Å². The maximum absolute atomic E-state index is 4.58. The van der Waals surface area contributed by atoms with E-state index < -0.39 is 0 Å². The molecular weight excluding hydrogens is 162 g/mol. The molecule has 0 aromatic heterocycles. The Morgan fingerprint density at radius 2 is 1.85 bits per heavy atom. The quantitative estimate of drug-likeness (QED) is 0.721. The molecule has 0 spiro atoms. The highest BCUT2D eigenvalue weighted by atomic mass is 16.5. The van der Waals surface area contributed by atoms with Crippen molar-refractivity contribution in [2.45, 2.75) is 13.3 Å². The first-order valence-corrected chi connectivity index (χ1v) is 4.52. The summed E-state index contributed by atoms with van der Waals surface area (Å²) in [5.41, 5.74) is 1.41. The van der Waals surface area contributed by atoms with Crippen molar-refractivity contribution >= 4 is 0 Å². The molecule has 0 unspecified atom stereocenters. The van der Waals surface area contributed by atoms with Crippen LogP contribution in [0.3, 0.4) is 0 Å².